The Kier molecular flexibility index (Phi) is 5.01. The zero-order chi connectivity index (χ0) is 14.6. The van der Waals surface area contributed by atoms with E-state index in [0.717, 1.165) is 19.3 Å². The van der Waals surface area contributed by atoms with Gasteiger partial charge in [-0.2, -0.15) is 4.31 Å². The molecule has 1 fully saturated rings. The summed E-state index contributed by atoms with van der Waals surface area (Å²) in [4.78, 5) is -0.0314. The molecule has 2 rings (SSSR count). The van der Waals surface area contributed by atoms with Crippen LogP contribution in [0.1, 0.15) is 26.2 Å². The van der Waals surface area contributed by atoms with Crippen molar-refractivity contribution in [3.63, 3.8) is 0 Å². The fourth-order valence-electron chi connectivity index (χ4n) is 2.36. The number of aromatic hydroxyl groups is 1. The van der Waals surface area contributed by atoms with Crippen molar-refractivity contribution < 1.29 is 18.3 Å². The molecule has 1 N–H and O–H groups in total. The number of benzene rings is 1. The average Bonchev–Trinajstić information content (AvgIpc) is 2.45. The summed E-state index contributed by atoms with van der Waals surface area (Å²) < 4.78 is 32.1. The van der Waals surface area contributed by atoms with Crippen LogP contribution in [0.2, 0.25) is 0 Å². The molecule has 6 heteroatoms. The van der Waals surface area contributed by atoms with Gasteiger partial charge >= 0.3 is 0 Å². The molecular weight excluding hydrogens is 278 g/mol. The fourth-order valence-corrected chi connectivity index (χ4v) is 3.95. The Morgan fingerprint density at radius 2 is 2.15 bits per heavy atom. The van der Waals surface area contributed by atoms with E-state index in [1.54, 1.807) is 12.1 Å². The lowest BCUT2D eigenvalue weighted by molar-refractivity contribution is 0.0193. The standard InChI is InChI=1S/C14H21NO4S/c1-2-10-19-12-6-5-9-15(11-12)20(17,18)14-8-4-3-7-13(14)16/h3-4,7-8,12,16H,2,5-6,9-11H2,1H3. The lowest BCUT2D eigenvalue weighted by Crippen LogP contribution is -2.43. The van der Waals surface area contributed by atoms with Crippen LogP contribution in [0.3, 0.4) is 0 Å². The number of para-hydroxylation sites is 1. The van der Waals surface area contributed by atoms with E-state index in [9.17, 15) is 13.5 Å². The van der Waals surface area contributed by atoms with Gasteiger partial charge in [-0.1, -0.05) is 19.1 Å². The molecule has 0 spiro atoms. The Balaban J connectivity index is 2.15. The number of rotatable bonds is 5. The molecule has 1 aromatic carbocycles. The van der Waals surface area contributed by atoms with Gasteiger partial charge in [-0.05, 0) is 31.4 Å². The number of piperidine rings is 1. The molecule has 0 aromatic heterocycles. The minimum atomic E-state index is -3.65. The predicted molar refractivity (Wildman–Crippen MR) is 76.1 cm³/mol. The van der Waals surface area contributed by atoms with Gasteiger partial charge in [-0.3, -0.25) is 0 Å². The first-order valence-corrected chi connectivity index (χ1v) is 8.39. The third-order valence-corrected chi connectivity index (χ3v) is 5.29. The highest BCUT2D eigenvalue weighted by Gasteiger charge is 2.32. The van der Waals surface area contributed by atoms with Crippen molar-refractivity contribution >= 4 is 10.0 Å². The normalized spacial score (nSPS) is 20.9. The topological polar surface area (TPSA) is 66.8 Å². The molecule has 0 radical (unpaired) electrons. The Bertz CT molecular complexity index is 544. The van der Waals surface area contributed by atoms with Crippen LogP contribution in [-0.4, -0.2) is 43.6 Å². The molecule has 0 bridgehead atoms. The van der Waals surface area contributed by atoms with Crippen LogP contribution in [0.4, 0.5) is 0 Å². The summed E-state index contributed by atoms with van der Waals surface area (Å²) in [6.45, 7) is 3.51. The number of hydrogen-bond donors (Lipinski definition) is 1. The monoisotopic (exact) mass is 299 g/mol. The summed E-state index contributed by atoms with van der Waals surface area (Å²) in [7, 11) is -3.65. The Hall–Kier alpha value is -1.11. The molecule has 0 amide bonds. The number of hydrogen-bond acceptors (Lipinski definition) is 4. The summed E-state index contributed by atoms with van der Waals surface area (Å²) >= 11 is 0. The third kappa shape index (κ3) is 3.31. The molecule has 1 aliphatic rings. The maximum absolute atomic E-state index is 12.5. The number of nitrogens with zero attached hydrogens (tertiary/aromatic N) is 1. The molecule has 1 saturated heterocycles. The number of phenolic OH excluding ortho intramolecular Hbond substituents is 1. The number of phenols is 1. The van der Waals surface area contributed by atoms with Crippen molar-refractivity contribution in [3.8, 4) is 5.75 Å². The highest BCUT2D eigenvalue weighted by atomic mass is 32.2. The fraction of sp³-hybridized carbons (Fsp3) is 0.571. The van der Waals surface area contributed by atoms with Crippen molar-refractivity contribution in [2.24, 2.45) is 0 Å². The van der Waals surface area contributed by atoms with Crippen molar-refractivity contribution in [2.45, 2.75) is 37.2 Å². The second-order valence-electron chi connectivity index (χ2n) is 4.97. The minimum Gasteiger partial charge on any atom is -0.507 e. The molecule has 20 heavy (non-hydrogen) atoms. The van der Waals surface area contributed by atoms with Crippen LogP contribution in [-0.2, 0) is 14.8 Å². The average molecular weight is 299 g/mol. The van der Waals surface area contributed by atoms with Gasteiger partial charge in [0.1, 0.15) is 10.6 Å². The largest absolute Gasteiger partial charge is 0.507 e. The van der Waals surface area contributed by atoms with E-state index < -0.39 is 10.0 Å². The highest BCUT2D eigenvalue weighted by Crippen LogP contribution is 2.27. The van der Waals surface area contributed by atoms with E-state index in [1.807, 2.05) is 6.92 Å². The second kappa shape index (κ2) is 6.56. The minimum absolute atomic E-state index is 0.0314. The van der Waals surface area contributed by atoms with Gasteiger partial charge in [-0.25, -0.2) is 8.42 Å². The van der Waals surface area contributed by atoms with Gasteiger partial charge in [-0.15, -0.1) is 0 Å². The van der Waals surface area contributed by atoms with Gasteiger partial charge in [0.05, 0.1) is 6.10 Å². The van der Waals surface area contributed by atoms with E-state index in [0.29, 0.717) is 19.7 Å². The molecule has 1 heterocycles. The third-order valence-electron chi connectivity index (χ3n) is 3.38. The SMILES string of the molecule is CCCOC1CCCN(S(=O)(=O)c2ccccc2O)C1. The first-order valence-electron chi connectivity index (χ1n) is 6.95. The first kappa shape index (κ1) is 15.3. The molecule has 112 valence electrons. The maximum atomic E-state index is 12.5. The van der Waals surface area contributed by atoms with Crippen molar-refractivity contribution in [3.05, 3.63) is 24.3 Å². The predicted octanol–water partition coefficient (Wildman–Crippen LogP) is 1.97. The lowest BCUT2D eigenvalue weighted by atomic mass is 10.1. The van der Waals surface area contributed by atoms with E-state index >= 15 is 0 Å². The van der Waals surface area contributed by atoms with Crippen LogP contribution in [0.15, 0.2) is 29.2 Å². The van der Waals surface area contributed by atoms with Crippen LogP contribution in [0.25, 0.3) is 0 Å². The van der Waals surface area contributed by atoms with E-state index in [-0.39, 0.29) is 16.7 Å². The van der Waals surface area contributed by atoms with Gasteiger partial charge in [0, 0.05) is 19.7 Å². The highest BCUT2D eigenvalue weighted by molar-refractivity contribution is 7.89. The molecule has 0 saturated carbocycles. The molecule has 1 unspecified atom stereocenters. The summed E-state index contributed by atoms with van der Waals surface area (Å²) in [5, 5.41) is 9.75. The van der Waals surface area contributed by atoms with E-state index in [4.69, 9.17) is 4.74 Å². The lowest BCUT2D eigenvalue weighted by Gasteiger charge is -2.31. The van der Waals surface area contributed by atoms with Gasteiger partial charge in [0.15, 0.2) is 0 Å². The zero-order valence-electron chi connectivity index (χ0n) is 11.7. The molecule has 1 aromatic rings. The quantitative estimate of drug-likeness (QED) is 0.902. The Morgan fingerprint density at radius 3 is 2.85 bits per heavy atom. The molecule has 0 aliphatic carbocycles. The van der Waals surface area contributed by atoms with Crippen LogP contribution in [0.5, 0.6) is 5.75 Å². The van der Waals surface area contributed by atoms with Gasteiger partial charge in [0.25, 0.3) is 0 Å². The van der Waals surface area contributed by atoms with Crippen molar-refractivity contribution in [2.75, 3.05) is 19.7 Å². The van der Waals surface area contributed by atoms with Crippen LogP contribution in [0, 0.1) is 0 Å². The smallest absolute Gasteiger partial charge is 0.246 e. The van der Waals surface area contributed by atoms with Gasteiger partial charge < -0.3 is 9.84 Å². The summed E-state index contributed by atoms with van der Waals surface area (Å²) in [5.41, 5.74) is 0. The molecule has 1 aliphatic heterocycles. The maximum Gasteiger partial charge on any atom is 0.246 e. The summed E-state index contributed by atoms with van der Waals surface area (Å²) in [6.07, 6.45) is 2.53. The Labute approximate surface area is 120 Å². The number of sulfonamides is 1. The van der Waals surface area contributed by atoms with Gasteiger partial charge in [0.2, 0.25) is 10.0 Å². The van der Waals surface area contributed by atoms with E-state index in [1.165, 1.54) is 16.4 Å². The first-order chi connectivity index (χ1) is 9.55. The molecular formula is C14H21NO4S. The van der Waals surface area contributed by atoms with E-state index in [2.05, 4.69) is 0 Å². The van der Waals surface area contributed by atoms with Crippen LogP contribution >= 0.6 is 0 Å². The second-order valence-corrected chi connectivity index (χ2v) is 6.87. The van der Waals surface area contributed by atoms with Crippen molar-refractivity contribution in [1.82, 2.24) is 4.31 Å². The molecule has 1 atom stereocenters. The zero-order valence-corrected chi connectivity index (χ0v) is 12.5. The summed E-state index contributed by atoms with van der Waals surface area (Å²) in [5.74, 6) is -0.205. The van der Waals surface area contributed by atoms with Crippen LogP contribution < -0.4 is 0 Å². The number of ether oxygens (including phenoxy) is 1. The van der Waals surface area contributed by atoms with Crippen molar-refractivity contribution in [1.29, 1.82) is 0 Å². The summed E-state index contributed by atoms with van der Waals surface area (Å²) in [6, 6.07) is 6.04. The Morgan fingerprint density at radius 1 is 1.40 bits per heavy atom. The molecule has 5 nitrogen and oxygen atoms in total.